The van der Waals surface area contributed by atoms with E-state index in [9.17, 15) is 9.59 Å². The van der Waals surface area contributed by atoms with Crippen LogP contribution in [0, 0.1) is 20.8 Å². The summed E-state index contributed by atoms with van der Waals surface area (Å²) in [5.41, 5.74) is 5.90. The molecule has 1 aliphatic heterocycles. The van der Waals surface area contributed by atoms with Crippen molar-refractivity contribution in [1.29, 1.82) is 0 Å². The summed E-state index contributed by atoms with van der Waals surface area (Å²) in [6, 6.07) is 10.5. The molecule has 32 heavy (non-hydrogen) atoms. The van der Waals surface area contributed by atoms with Crippen molar-refractivity contribution in [2.24, 2.45) is 0 Å². The summed E-state index contributed by atoms with van der Waals surface area (Å²) in [5, 5.41) is 0. The lowest BCUT2D eigenvalue weighted by Crippen LogP contribution is -2.50. The lowest BCUT2D eigenvalue weighted by Gasteiger charge is -2.34. The fraction of sp³-hybridized carbons (Fsp3) is 0.280. The van der Waals surface area contributed by atoms with Crippen LogP contribution in [-0.4, -0.2) is 62.3 Å². The monoisotopic (exact) mass is 429 g/mol. The first-order chi connectivity index (χ1) is 15.4. The Labute approximate surface area is 188 Å². The first-order valence-corrected chi connectivity index (χ1v) is 10.7. The zero-order chi connectivity index (χ0) is 22.7. The minimum atomic E-state index is -0.149. The zero-order valence-corrected chi connectivity index (χ0v) is 18.7. The van der Waals surface area contributed by atoms with Gasteiger partial charge in [0.1, 0.15) is 5.69 Å². The Hall–Kier alpha value is -3.74. The number of nitrogens with zero attached hydrogens (tertiary/aromatic N) is 5. The highest BCUT2D eigenvalue weighted by Gasteiger charge is 2.24. The Morgan fingerprint density at radius 1 is 0.938 bits per heavy atom. The smallest absolute Gasteiger partial charge is 0.274 e. The molecule has 1 saturated heterocycles. The van der Waals surface area contributed by atoms with Gasteiger partial charge in [0.15, 0.2) is 0 Å². The van der Waals surface area contributed by atoms with Crippen molar-refractivity contribution in [3.8, 4) is 5.69 Å². The van der Waals surface area contributed by atoms with E-state index < -0.39 is 0 Å². The van der Waals surface area contributed by atoms with Crippen LogP contribution in [0.1, 0.15) is 33.0 Å². The number of aromatic nitrogens is 3. The number of rotatable bonds is 4. The zero-order valence-electron chi connectivity index (χ0n) is 18.7. The van der Waals surface area contributed by atoms with E-state index in [1.165, 1.54) is 24.2 Å². The standard InChI is InChI=1S/C25H27N5O2/c1-18-4-7-22(8-5-18)30-19(2)16-21(20(30)3)6-9-24(31)28-12-14-29(15-13-28)25(32)23-17-26-10-11-27-23/h4-11,16-17H,12-15H2,1-3H3/b9-6+. The van der Waals surface area contributed by atoms with Crippen LogP contribution in [0.2, 0.25) is 0 Å². The highest BCUT2D eigenvalue weighted by Crippen LogP contribution is 2.22. The summed E-state index contributed by atoms with van der Waals surface area (Å²) >= 11 is 0. The second kappa shape index (κ2) is 9.18. The molecule has 1 aliphatic rings. The van der Waals surface area contributed by atoms with Gasteiger partial charge in [-0.05, 0) is 50.6 Å². The topological polar surface area (TPSA) is 71.3 Å². The number of hydrogen-bond acceptors (Lipinski definition) is 4. The highest BCUT2D eigenvalue weighted by molar-refractivity contribution is 5.93. The molecule has 3 heterocycles. The third-order valence-corrected chi connectivity index (χ3v) is 5.83. The van der Waals surface area contributed by atoms with Gasteiger partial charge in [-0.1, -0.05) is 17.7 Å². The number of carbonyl (C=O) groups is 2. The molecule has 1 aromatic carbocycles. The van der Waals surface area contributed by atoms with E-state index in [2.05, 4.69) is 65.6 Å². The lowest BCUT2D eigenvalue weighted by molar-refractivity contribution is -0.127. The molecule has 1 fully saturated rings. The van der Waals surface area contributed by atoms with Crippen LogP contribution in [0.5, 0.6) is 0 Å². The number of piperazine rings is 1. The number of amides is 2. The maximum Gasteiger partial charge on any atom is 0.274 e. The summed E-state index contributed by atoms with van der Waals surface area (Å²) in [7, 11) is 0. The van der Waals surface area contributed by atoms with Gasteiger partial charge in [-0.15, -0.1) is 0 Å². The van der Waals surface area contributed by atoms with Gasteiger partial charge in [-0.25, -0.2) is 4.98 Å². The predicted molar refractivity (Wildman–Crippen MR) is 124 cm³/mol. The maximum atomic E-state index is 12.7. The molecule has 0 spiro atoms. The third-order valence-electron chi connectivity index (χ3n) is 5.83. The van der Waals surface area contributed by atoms with Gasteiger partial charge in [0.2, 0.25) is 5.91 Å². The normalized spacial score (nSPS) is 14.2. The second-order valence-electron chi connectivity index (χ2n) is 8.04. The van der Waals surface area contributed by atoms with Gasteiger partial charge in [0.25, 0.3) is 5.91 Å². The minimum absolute atomic E-state index is 0.0447. The molecule has 0 radical (unpaired) electrons. The van der Waals surface area contributed by atoms with Crippen molar-refractivity contribution in [3.63, 3.8) is 0 Å². The van der Waals surface area contributed by atoms with Crippen molar-refractivity contribution < 1.29 is 9.59 Å². The molecule has 2 amide bonds. The molecule has 0 unspecified atom stereocenters. The van der Waals surface area contributed by atoms with E-state index in [0.29, 0.717) is 31.9 Å². The molecule has 7 nitrogen and oxygen atoms in total. The quantitative estimate of drug-likeness (QED) is 0.597. The molecule has 0 aliphatic carbocycles. The predicted octanol–water partition coefficient (Wildman–Crippen LogP) is 3.19. The summed E-state index contributed by atoms with van der Waals surface area (Å²) in [5.74, 6) is -0.193. The van der Waals surface area contributed by atoms with E-state index >= 15 is 0 Å². The molecule has 4 rings (SSSR count). The maximum absolute atomic E-state index is 12.7. The van der Waals surface area contributed by atoms with Crippen molar-refractivity contribution in [2.45, 2.75) is 20.8 Å². The molecule has 7 heteroatoms. The molecule has 3 aromatic rings. The molecule has 0 atom stereocenters. The Morgan fingerprint density at radius 2 is 1.62 bits per heavy atom. The van der Waals surface area contributed by atoms with Crippen LogP contribution < -0.4 is 0 Å². The minimum Gasteiger partial charge on any atom is -0.336 e. The van der Waals surface area contributed by atoms with Crippen molar-refractivity contribution in [2.75, 3.05) is 26.2 Å². The molecular weight excluding hydrogens is 402 g/mol. The van der Waals surface area contributed by atoms with E-state index in [1.807, 2.05) is 6.08 Å². The largest absolute Gasteiger partial charge is 0.336 e. The Bertz CT molecular complexity index is 1140. The first-order valence-electron chi connectivity index (χ1n) is 10.7. The van der Waals surface area contributed by atoms with Gasteiger partial charge < -0.3 is 14.4 Å². The lowest BCUT2D eigenvalue weighted by atomic mass is 10.2. The average molecular weight is 430 g/mol. The van der Waals surface area contributed by atoms with Crippen LogP contribution >= 0.6 is 0 Å². The fourth-order valence-electron chi connectivity index (χ4n) is 4.02. The average Bonchev–Trinajstić information content (AvgIpc) is 3.11. The van der Waals surface area contributed by atoms with E-state index in [-0.39, 0.29) is 11.8 Å². The van der Waals surface area contributed by atoms with Gasteiger partial charge in [-0.2, -0.15) is 0 Å². The molecular formula is C25H27N5O2. The van der Waals surface area contributed by atoms with Gasteiger partial charge in [0.05, 0.1) is 6.20 Å². The number of carbonyl (C=O) groups excluding carboxylic acids is 2. The highest BCUT2D eigenvalue weighted by atomic mass is 16.2. The van der Waals surface area contributed by atoms with Crippen LogP contribution in [0.25, 0.3) is 11.8 Å². The summed E-state index contributed by atoms with van der Waals surface area (Å²) < 4.78 is 2.19. The Balaban J connectivity index is 1.40. The summed E-state index contributed by atoms with van der Waals surface area (Å²) in [6.07, 6.45) is 8.02. The van der Waals surface area contributed by atoms with E-state index in [4.69, 9.17) is 0 Å². The number of aryl methyl sites for hydroxylation is 2. The van der Waals surface area contributed by atoms with Crippen molar-refractivity contribution >= 4 is 17.9 Å². The van der Waals surface area contributed by atoms with E-state index in [1.54, 1.807) is 15.9 Å². The summed E-state index contributed by atoms with van der Waals surface area (Å²) in [6.45, 7) is 8.17. The van der Waals surface area contributed by atoms with E-state index in [0.717, 1.165) is 22.6 Å². The van der Waals surface area contributed by atoms with Gasteiger partial charge >= 0.3 is 0 Å². The SMILES string of the molecule is Cc1ccc(-n2c(C)cc(/C=C/C(=O)N3CCN(C(=O)c4cnccn4)CC3)c2C)cc1. The number of benzene rings is 1. The van der Waals surface area contributed by atoms with Gasteiger partial charge in [-0.3, -0.25) is 14.6 Å². The Morgan fingerprint density at radius 3 is 2.28 bits per heavy atom. The first kappa shape index (κ1) is 21.5. The van der Waals surface area contributed by atoms with Crippen molar-refractivity contribution in [3.05, 3.63) is 83.2 Å². The molecule has 0 saturated carbocycles. The molecule has 0 bridgehead atoms. The molecule has 2 aromatic heterocycles. The summed E-state index contributed by atoms with van der Waals surface area (Å²) in [4.78, 5) is 36.7. The van der Waals surface area contributed by atoms with Crippen LogP contribution in [0.4, 0.5) is 0 Å². The Kier molecular flexibility index (Phi) is 6.16. The van der Waals surface area contributed by atoms with Crippen LogP contribution in [0.15, 0.2) is 55.0 Å². The molecule has 164 valence electrons. The van der Waals surface area contributed by atoms with Crippen LogP contribution in [0.3, 0.4) is 0 Å². The fourth-order valence-corrected chi connectivity index (χ4v) is 4.02. The third kappa shape index (κ3) is 4.46. The number of hydrogen-bond donors (Lipinski definition) is 0. The van der Waals surface area contributed by atoms with Crippen LogP contribution in [-0.2, 0) is 4.79 Å². The second-order valence-corrected chi connectivity index (χ2v) is 8.04. The van der Waals surface area contributed by atoms with Gasteiger partial charge in [0, 0.05) is 61.7 Å². The molecule has 0 N–H and O–H groups in total. The van der Waals surface area contributed by atoms with Crippen molar-refractivity contribution in [1.82, 2.24) is 24.3 Å².